The number of ether oxygens (including phenoxy) is 1. The fourth-order valence-corrected chi connectivity index (χ4v) is 4.30. The molecule has 0 saturated carbocycles. The predicted molar refractivity (Wildman–Crippen MR) is 140 cm³/mol. The predicted octanol–water partition coefficient (Wildman–Crippen LogP) is 5.84. The fraction of sp³-hybridized carbons (Fsp3) is 0.100. The molecular weight excluding hydrogens is 471 g/mol. The highest BCUT2D eigenvalue weighted by molar-refractivity contribution is 6.39. The second kappa shape index (κ2) is 9.70. The average molecular weight is 495 g/mol. The molecule has 0 aliphatic carbocycles. The Labute approximate surface area is 213 Å². The van der Waals surface area contributed by atoms with Gasteiger partial charge in [-0.15, -0.1) is 0 Å². The second-order valence-electron chi connectivity index (χ2n) is 8.83. The summed E-state index contributed by atoms with van der Waals surface area (Å²) in [6.45, 7) is 3.59. The number of fused-ring (bicyclic) bond motifs is 1. The summed E-state index contributed by atoms with van der Waals surface area (Å²) in [5.41, 5.74) is 2.60. The van der Waals surface area contributed by atoms with E-state index >= 15 is 0 Å². The summed E-state index contributed by atoms with van der Waals surface area (Å²) in [5, 5.41) is 3.87. The quantitative estimate of drug-likeness (QED) is 0.279. The topological polar surface area (TPSA) is 75.7 Å². The molecule has 0 atom stereocenters. The van der Waals surface area contributed by atoms with Crippen LogP contribution in [0.3, 0.4) is 0 Å². The summed E-state index contributed by atoms with van der Waals surface area (Å²) >= 11 is 0. The number of amides is 4. The number of halogens is 1. The number of urea groups is 1. The van der Waals surface area contributed by atoms with Crippen molar-refractivity contribution in [3.05, 3.63) is 113 Å². The first-order chi connectivity index (χ1) is 17.8. The van der Waals surface area contributed by atoms with Crippen LogP contribution in [-0.2, 0) is 16.2 Å². The van der Waals surface area contributed by atoms with Gasteiger partial charge in [0.25, 0.3) is 11.8 Å². The Kier molecular flexibility index (Phi) is 6.27. The SMILES string of the molecule is Cc1ccc(C)c(N2C(=O)NC(=O)/C(=C\c3c(OCc4ccccc4F)ccc4ccccc34)C2=O)c1. The third-order valence-corrected chi connectivity index (χ3v) is 6.27. The van der Waals surface area contributed by atoms with E-state index in [4.69, 9.17) is 4.74 Å². The van der Waals surface area contributed by atoms with Gasteiger partial charge in [0.05, 0.1) is 5.69 Å². The number of imide groups is 2. The molecule has 7 heteroatoms. The fourth-order valence-electron chi connectivity index (χ4n) is 4.30. The molecule has 6 nitrogen and oxygen atoms in total. The van der Waals surface area contributed by atoms with Crippen LogP contribution in [0.1, 0.15) is 22.3 Å². The first-order valence-electron chi connectivity index (χ1n) is 11.7. The summed E-state index contributed by atoms with van der Waals surface area (Å²) < 4.78 is 20.2. The minimum absolute atomic E-state index is 0.0472. The normalized spacial score (nSPS) is 14.8. The molecule has 1 aliphatic heterocycles. The molecule has 1 N–H and O–H groups in total. The van der Waals surface area contributed by atoms with Gasteiger partial charge in [-0.3, -0.25) is 14.9 Å². The third kappa shape index (κ3) is 4.59. The number of hydrogen-bond acceptors (Lipinski definition) is 4. The van der Waals surface area contributed by atoms with Gasteiger partial charge >= 0.3 is 6.03 Å². The van der Waals surface area contributed by atoms with E-state index in [-0.39, 0.29) is 12.2 Å². The number of carbonyl (C=O) groups excluding carboxylic acids is 3. The second-order valence-corrected chi connectivity index (χ2v) is 8.83. The number of barbiturate groups is 1. The van der Waals surface area contributed by atoms with Gasteiger partial charge in [0.15, 0.2) is 0 Å². The minimum Gasteiger partial charge on any atom is -0.488 e. The van der Waals surface area contributed by atoms with Crippen LogP contribution >= 0.6 is 0 Å². The molecule has 1 fully saturated rings. The van der Waals surface area contributed by atoms with Gasteiger partial charge in [-0.2, -0.15) is 0 Å². The van der Waals surface area contributed by atoms with E-state index in [1.807, 2.05) is 49.4 Å². The number of benzene rings is 4. The molecule has 0 spiro atoms. The first kappa shape index (κ1) is 23.9. The van der Waals surface area contributed by atoms with Crippen molar-refractivity contribution in [2.24, 2.45) is 0 Å². The van der Waals surface area contributed by atoms with Gasteiger partial charge in [0.1, 0.15) is 23.7 Å². The lowest BCUT2D eigenvalue weighted by atomic mass is 9.99. The Hall–Kier alpha value is -4.78. The zero-order chi connectivity index (χ0) is 26.1. The first-order valence-corrected chi connectivity index (χ1v) is 11.7. The molecule has 4 amide bonds. The Balaban J connectivity index is 1.61. The monoisotopic (exact) mass is 494 g/mol. The van der Waals surface area contributed by atoms with Gasteiger partial charge in [-0.25, -0.2) is 14.1 Å². The Morgan fingerprint density at radius 3 is 2.49 bits per heavy atom. The lowest BCUT2D eigenvalue weighted by molar-refractivity contribution is -0.122. The zero-order valence-corrected chi connectivity index (χ0v) is 20.2. The number of carbonyl (C=O) groups is 3. The van der Waals surface area contributed by atoms with Crippen LogP contribution in [0, 0.1) is 19.7 Å². The Morgan fingerprint density at radius 2 is 1.68 bits per heavy atom. The van der Waals surface area contributed by atoms with Gasteiger partial charge in [-0.05, 0) is 60.0 Å². The highest BCUT2D eigenvalue weighted by Crippen LogP contribution is 2.33. The van der Waals surface area contributed by atoms with Gasteiger partial charge in [0.2, 0.25) is 0 Å². The summed E-state index contributed by atoms with van der Waals surface area (Å²) in [7, 11) is 0. The van der Waals surface area contributed by atoms with Crippen LogP contribution in [0.4, 0.5) is 14.9 Å². The van der Waals surface area contributed by atoms with Crippen molar-refractivity contribution in [2.45, 2.75) is 20.5 Å². The maximum Gasteiger partial charge on any atom is 0.335 e. The van der Waals surface area contributed by atoms with Crippen molar-refractivity contribution in [3.8, 4) is 5.75 Å². The Bertz CT molecular complexity index is 1610. The maximum absolute atomic E-state index is 14.2. The number of hydrogen-bond donors (Lipinski definition) is 1. The Morgan fingerprint density at radius 1 is 0.919 bits per heavy atom. The van der Waals surface area contributed by atoms with Crippen LogP contribution in [0.15, 0.2) is 84.4 Å². The van der Waals surface area contributed by atoms with E-state index in [0.717, 1.165) is 21.2 Å². The molecule has 0 aromatic heterocycles. The standard InChI is InChI=1S/C30H23FN2O4/c1-18-11-12-19(2)26(15-18)33-29(35)24(28(34)32-30(33)36)16-23-22-9-5-3-7-20(22)13-14-27(23)37-17-21-8-4-6-10-25(21)31/h3-16H,17H2,1-2H3,(H,32,34,36)/b24-16+. The smallest absolute Gasteiger partial charge is 0.335 e. The zero-order valence-electron chi connectivity index (χ0n) is 20.2. The van der Waals surface area contributed by atoms with E-state index in [2.05, 4.69) is 5.32 Å². The summed E-state index contributed by atoms with van der Waals surface area (Å²) in [5.74, 6) is -1.57. The van der Waals surface area contributed by atoms with Crippen LogP contribution in [0.2, 0.25) is 0 Å². The molecule has 0 radical (unpaired) electrons. The van der Waals surface area contributed by atoms with E-state index in [1.165, 1.54) is 12.1 Å². The van der Waals surface area contributed by atoms with Crippen molar-refractivity contribution < 1.29 is 23.5 Å². The lowest BCUT2D eigenvalue weighted by Crippen LogP contribution is -2.54. The number of nitrogens with one attached hydrogen (secondary N) is 1. The molecule has 1 aliphatic rings. The molecule has 1 heterocycles. The van der Waals surface area contributed by atoms with E-state index in [1.54, 1.807) is 37.3 Å². The van der Waals surface area contributed by atoms with Crippen molar-refractivity contribution in [1.29, 1.82) is 0 Å². The highest BCUT2D eigenvalue weighted by Gasteiger charge is 2.37. The summed E-state index contributed by atoms with van der Waals surface area (Å²) in [6.07, 6.45) is 1.43. The van der Waals surface area contributed by atoms with Crippen LogP contribution in [0.5, 0.6) is 5.75 Å². The molecule has 5 rings (SSSR count). The third-order valence-electron chi connectivity index (χ3n) is 6.27. The molecule has 0 unspecified atom stereocenters. The van der Waals surface area contributed by atoms with Crippen LogP contribution in [-0.4, -0.2) is 17.8 Å². The van der Waals surface area contributed by atoms with Gasteiger partial charge in [0, 0.05) is 11.1 Å². The van der Waals surface area contributed by atoms with Crippen molar-refractivity contribution >= 4 is 40.4 Å². The van der Waals surface area contributed by atoms with E-state index in [0.29, 0.717) is 28.1 Å². The van der Waals surface area contributed by atoms with Crippen molar-refractivity contribution in [1.82, 2.24) is 5.32 Å². The van der Waals surface area contributed by atoms with E-state index in [9.17, 15) is 18.8 Å². The molecule has 4 aromatic carbocycles. The molecule has 4 aromatic rings. The van der Waals surface area contributed by atoms with Crippen LogP contribution < -0.4 is 15.0 Å². The number of rotatable bonds is 5. The highest BCUT2D eigenvalue weighted by atomic mass is 19.1. The number of aryl methyl sites for hydroxylation is 2. The molecule has 1 saturated heterocycles. The molecule has 184 valence electrons. The number of nitrogens with zero attached hydrogens (tertiary/aromatic N) is 1. The van der Waals surface area contributed by atoms with Gasteiger partial charge < -0.3 is 4.74 Å². The molecule has 0 bridgehead atoms. The molecule has 37 heavy (non-hydrogen) atoms. The number of anilines is 1. The van der Waals surface area contributed by atoms with Crippen molar-refractivity contribution in [2.75, 3.05) is 4.90 Å². The maximum atomic E-state index is 14.2. The van der Waals surface area contributed by atoms with E-state index < -0.39 is 23.7 Å². The minimum atomic E-state index is -0.810. The van der Waals surface area contributed by atoms with Crippen molar-refractivity contribution in [3.63, 3.8) is 0 Å². The lowest BCUT2D eigenvalue weighted by Gasteiger charge is -2.28. The summed E-state index contributed by atoms with van der Waals surface area (Å²) in [4.78, 5) is 40.2. The summed E-state index contributed by atoms with van der Waals surface area (Å²) in [6, 6.07) is 21.9. The average Bonchev–Trinajstić information content (AvgIpc) is 2.88. The largest absolute Gasteiger partial charge is 0.488 e. The molecular formula is C30H23FN2O4. The van der Waals surface area contributed by atoms with Gasteiger partial charge in [-0.1, -0.05) is 60.7 Å². The van der Waals surface area contributed by atoms with Crippen LogP contribution in [0.25, 0.3) is 16.8 Å².